The average molecular weight is 499 g/mol. The molecule has 3 aliphatic carbocycles. The summed E-state index contributed by atoms with van der Waals surface area (Å²) in [5.74, 6) is 6.02. The predicted octanol–water partition coefficient (Wildman–Crippen LogP) is 8.50. The summed E-state index contributed by atoms with van der Waals surface area (Å²) in [5, 5.41) is 0. The molecule has 0 aliphatic heterocycles. The Morgan fingerprint density at radius 2 is 0.560 bits per heavy atom. The molecule has 0 amide bonds. The van der Waals surface area contributed by atoms with Crippen LogP contribution in [0.4, 0.5) is 0 Å². The fraction of sp³-hybridized carbons (Fsp3) is 1.00. The molecule has 0 bridgehead atoms. The van der Waals surface area contributed by atoms with Gasteiger partial charge in [0.05, 0.1) is 0 Å². The van der Waals surface area contributed by atoms with Gasteiger partial charge in [0, 0.05) is 38.2 Å². The van der Waals surface area contributed by atoms with Gasteiger partial charge in [0.15, 0.2) is 0 Å². The van der Waals surface area contributed by atoms with Crippen molar-refractivity contribution in [1.82, 2.24) is 0 Å². The zero-order valence-electron chi connectivity index (χ0n) is 18.3. The molecule has 0 aromatic heterocycles. The normalized spacial score (nSPS) is 22.0. The molecule has 1 heteroatoms. The van der Waals surface area contributed by atoms with E-state index in [0.717, 1.165) is 35.5 Å². The Hall–Kier alpha value is 1.27. The second kappa shape index (κ2) is 15.2. The Kier molecular flexibility index (Phi) is 16.0. The molecular formula is C24H48Dy. The van der Waals surface area contributed by atoms with Crippen molar-refractivity contribution in [3.63, 3.8) is 0 Å². The SMILES string of the molecule is CC(C)C1CCCC1.CC(C)C1CCCC1.CC(C)C1CCCC1.[Dy]. The van der Waals surface area contributed by atoms with Crippen LogP contribution < -0.4 is 0 Å². The Bertz CT molecular complexity index is 229. The van der Waals surface area contributed by atoms with E-state index in [-0.39, 0.29) is 38.2 Å². The molecule has 0 radical (unpaired) electrons. The molecular weight excluding hydrogens is 451 g/mol. The molecule has 0 heterocycles. The summed E-state index contributed by atoms with van der Waals surface area (Å²) < 4.78 is 0. The summed E-state index contributed by atoms with van der Waals surface area (Å²) in [6.45, 7) is 14.1. The Morgan fingerprint density at radius 1 is 0.400 bits per heavy atom. The molecule has 0 aromatic carbocycles. The van der Waals surface area contributed by atoms with Crippen molar-refractivity contribution in [3.05, 3.63) is 0 Å². The first kappa shape index (κ1) is 26.3. The van der Waals surface area contributed by atoms with Gasteiger partial charge in [0.1, 0.15) is 0 Å². The van der Waals surface area contributed by atoms with Crippen molar-refractivity contribution >= 4 is 0 Å². The van der Waals surface area contributed by atoms with Gasteiger partial charge in [-0.05, 0) is 35.5 Å². The number of hydrogen-bond acceptors (Lipinski definition) is 0. The smallest absolute Gasteiger partial charge is 0 e. The second-order valence-corrected chi connectivity index (χ2v) is 9.87. The topological polar surface area (TPSA) is 0 Å². The van der Waals surface area contributed by atoms with Crippen molar-refractivity contribution < 1.29 is 38.2 Å². The molecule has 0 atom stereocenters. The van der Waals surface area contributed by atoms with Gasteiger partial charge < -0.3 is 0 Å². The molecule has 3 fully saturated rings. The Morgan fingerprint density at radius 3 is 0.640 bits per heavy atom. The molecule has 0 N–H and O–H groups in total. The van der Waals surface area contributed by atoms with Crippen molar-refractivity contribution in [2.24, 2.45) is 35.5 Å². The van der Waals surface area contributed by atoms with E-state index in [2.05, 4.69) is 41.5 Å². The van der Waals surface area contributed by atoms with Gasteiger partial charge in [-0.25, -0.2) is 0 Å². The summed E-state index contributed by atoms with van der Waals surface area (Å²) in [4.78, 5) is 0. The van der Waals surface area contributed by atoms with E-state index in [9.17, 15) is 0 Å². The summed E-state index contributed by atoms with van der Waals surface area (Å²) in [7, 11) is 0. The van der Waals surface area contributed by atoms with Crippen LogP contribution in [0.3, 0.4) is 0 Å². The van der Waals surface area contributed by atoms with E-state index >= 15 is 0 Å². The van der Waals surface area contributed by atoms with E-state index in [4.69, 9.17) is 0 Å². The fourth-order valence-corrected chi connectivity index (χ4v) is 4.87. The Labute approximate surface area is 191 Å². The van der Waals surface area contributed by atoms with Gasteiger partial charge in [0.2, 0.25) is 0 Å². The quantitative estimate of drug-likeness (QED) is 0.366. The Balaban J connectivity index is 0.000000339. The van der Waals surface area contributed by atoms with Gasteiger partial charge in [-0.3, -0.25) is 0 Å². The molecule has 3 rings (SSSR count). The summed E-state index contributed by atoms with van der Waals surface area (Å²) in [6, 6.07) is 0. The van der Waals surface area contributed by atoms with Crippen molar-refractivity contribution in [2.75, 3.05) is 0 Å². The summed E-state index contributed by atoms with van der Waals surface area (Å²) >= 11 is 0. The van der Waals surface area contributed by atoms with Crippen molar-refractivity contribution in [2.45, 2.75) is 119 Å². The number of hydrogen-bond donors (Lipinski definition) is 0. The third-order valence-corrected chi connectivity index (χ3v) is 7.03. The predicted molar refractivity (Wildman–Crippen MR) is 110 cm³/mol. The van der Waals surface area contributed by atoms with Crippen LogP contribution in [0.25, 0.3) is 0 Å². The van der Waals surface area contributed by atoms with Crippen molar-refractivity contribution in [3.8, 4) is 0 Å². The maximum Gasteiger partial charge on any atom is 0 e. The average Bonchev–Trinajstić information content (AvgIpc) is 3.29. The van der Waals surface area contributed by atoms with Crippen LogP contribution >= 0.6 is 0 Å². The first-order valence-corrected chi connectivity index (χ1v) is 11.4. The fourth-order valence-electron chi connectivity index (χ4n) is 4.87. The van der Waals surface area contributed by atoms with Gasteiger partial charge in [-0.15, -0.1) is 0 Å². The molecule has 0 unspecified atom stereocenters. The first-order chi connectivity index (χ1) is 11.4. The number of rotatable bonds is 3. The van der Waals surface area contributed by atoms with Crippen LogP contribution in [0.2, 0.25) is 0 Å². The van der Waals surface area contributed by atoms with Crippen LogP contribution in [0, 0.1) is 73.7 Å². The zero-order chi connectivity index (χ0) is 17.9. The van der Waals surface area contributed by atoms with E-state index in [1.165, 1.54) is 77.0 Å². The third-order valence-electron chi connectivity index (χ3n) is 7.03. The molecule has 0 aromatic rings. The summed E-state index contributed by atoms with van der Waals surface area (Å²) in [5.41, 5.74) is 0. The van der Waals surface area contributed by atoms with Gasteiger partial charge in [-0.1, -0.05) is 119 Å². The summed E-state index contributed by atoms with van der Waals surface area (Å²) in [6.07, 6.45) is 17.9. The van der Waals surface area contributed by atoms with Crippen LogP contribution in [0.5, 0.6) is 0 Å². The molecule has 25 heavy (non-hydrogen) atoms. The molecule has 3 aliphatic rings. The minimum absolute atomic E-state index is 0. The molecule has 3 saturated carbocycles. The molecule has 0 spiro atoms. The minimum Gasteiger partial charge on any atom is -0.0625 e. The van der Waals surface area contributed by atoms with Crippen molar-refractivity contribution in [1.29, 1.82) is 0 Å². The van der Waals surface area contributed by atoms with Crippen LogP contribution in [-0.4, -0.2) is 0 Å². The van der Waals surface area contributed by atoms with Gasteiger partial charge >= 0.3 is 0 Å². The van der Waals surface area contributed by atoms with Gasteiger partial charge in [0.25, 0.3) is 0 Å². The maximum absolute atomic E-state index is 2.34. The van der Waals surface area contributed by atoms with Crippen LogP contribution in [0.1, 0.15) is 119 Å². The molecule has 0 nitrogen and oxygen atoms in total. The standard InChI is InChI=1S/3C8H16.Dy/c3*1-7(2)8-5-3-4-6-8;/h3*7-8H,3-6H2,1-2H3;. The third kappa shape index (κ3) is 11.7. The van der Waals surface area contributed by atoms with E-state index < -0.39 is 0 Å². The van der Waals surface area contributed by atoms with Crippen LogP contribution in [-0.2, 0) is 0 Å². The largest absolute Gasteiger partial charge is 0.0625 e. The first-order valence-electron chi connectivity index (χ1n) is 11.4. The van der Waals surface area contributed by atoms with Gasteiger partial charge in [-0.2, -0.15) is 0 Å². The van der Waals surface area contributed by atoms with Crippen LogP contribution in [0.15, 0.2) is 0 Å². The van der Waals surface area contributed by atoms with E-state index in [0.29, 0.717) is 0 Å². The zero-order valence-corrected chi connectivity index (χ0v) is 20.3. The minimum atomic E-state index is 0. The maximum atomic E-state index is 2.34. The van der Waals surface area contributed by atoms with E-state index in [1.54, 1.807) is 0 Å². The molecule has 154 valence electrons. The monoisotopic (exact) mass is 500 g/mol. The molecule has 0 saturated heterocycles. The second-order valence-electron chi connectivity index (χ2n) is 9.87. The van der Waals surface area contributed by atoms with E-state index in [1.807, 2.05) is 0 Å².